The van der Waals surface area contributed by atoms with Gasteiger partial charge in [0.1, 0.15) is 0 Å². The lowest BCUT2D eigenvalue weighted by atomic mass is 10.1. The molecule has 0 radical (unpaired) electrons. The quantitative estimate of drug-likeness (QED) is 0.562. The van der Waals surface area contributed by atoms with Crippen LogP contribution in [0.3, 0.4) is 0 Å². The lowest BCUT2D eigenvalue weighted by molar-refractivity contribution is -0.113. The summed E-state index contributed by atoms with van der Waals surface area (Å²) in [5.41, 5.74) is 3.86. The molecule has 26 heavy (non-hydrogen) atoms. The van der Waals surface area contributed by atoms with E-state index in [-0.39, 0.29) is 5.91 Å². The van der Waals surface area contributed by atoms with Crippen LogP contribution in [0.15, 0.2) is 41.3 Å². The number of carbonyl (C=O) groups excluding carboxylic acids is 1. The van der Waals surface area contributed by atoms with Gasteiger partial charge in [-0.1, -0.05) is 42.2 Å². The Morgan fingerprint density at radius 2 is 1.85 bits per heavy atom. The summed E-state index contributed by atoms with van der Waals surface area (Å²) in [6.45, 7) is 4.06. The van der Waals surface area contributed by atoms with Crippen molar-refractivity contribution in [3.05, 3.63) is 58.0 Å². The highest BCUT2D eigenvalue weighted by Gasteiger charge is 2.33. The van der Waals surface area contributed by atoms with Crippen LogP contribution in [0.5, 0.6) is 11.5 Å². The monoisotopic (exact) mass is 385 g/mol. The largest absolute Gasteiger partial charge is 0.493 e. The number of nitrogens with zero attached hydrogens (tertiary/aromatic N) is 1. The summed E-state index contributed by atoms with van der Waals surface area (Å²) in [5.74, 6) is 1.07. The van der Waals surface area contributed by atoms with Crippen LogP contribution in [0.1, 0.15) is 16.7 Å². The Bertz CT molecular complexity index is 921. The van der Waals surface area contributed by atoms with Gasteiger partial charge in [-0.15, -0.1) is 0 Å². The molecule has 6 heteroatoms. The predicted octanol–water partition coefficient (Wildman–Crippen LogP) is 4.73. The predicted molar refractivity (Wildman–Crippen MR) is 111 cm³/mol. The van der Waals surface area contributed by atoms with Gasteiger partial charge in [-0.3, -0.25) is 9.69 Å². The molecule has 1 heterocycles. The summed E-state index contributed by atoms with van der Waals surface area (Å²) in [7, 11) is 3.16. The number of rotatable bonds is 4. The number of carbonyl (C=O) groups is 1. The molecule has 0 aliphatic carbocycles. The number of para-hydroxylation sites is 1. The maximum Gasteiger partial charge on any atom is 0.270 e. The van der Waals surface area contributed by atoms with Crippen molar-refractivity contribution in [2.45, 2.75) is 13.8 Å². The Labute approximate surface area is 162 Å². The maximum absolute atomic E-state index is 12.9. The number of benzene rings is 2. The normalized spacial score (nSPS) is 15.7. The average molecular weight is 386 g/mol. The summed E-state index contributed by atoms with van der Waals surface area (Å²) in [4.78, 5) is 15.1. The van der Waals surface area contributed by atoms with E-state index < -0.39 is 0 Å². The van der Waals surface area contributed by atoms with Crippen molar-refractivity contribution in [1.29, 1.82) is 0 Å². The Hall–Kier alpha value is -2.31. The zero-order chi connectivity index (χ0) is 18.8. The third-order valence-corrected chi connectivity index (χ3v) is 5.56. The molecule has 1 aliphatic rings. The molecule has 0 bridgehead atoms. The molecule has 0 aromatic heterocycles. The first kappa shape index (κ1) is 18.5. The fourth-order valence-corrected chi connectivity index (χ4v) is 4.01. The molecule has 0 unspecified atom stereocenters. The van der Waals surface area contributed by atoms with Crippen molar-refractivity contribution in [1.82, 2.24) is 0 Å². The van der Waals surface area contributed by atoms with E-state index in [4.69, 9.17) is 21.7 Å². The molecule has 3 rings (SSSR count). The lowest BCUT2D eigenvalue weighted by Crippen LogP contribution is -2.27. The Morgan fingerprint density at radius 3 is 2.50 bits per heavy atom. The number of amides is 1. The summed E-state index contributed by atoms with van der Waals surface area (Å²) >= 11 is 6.74. The van der Waals surface area contributed by atoms with Crippen molar-refractivity contribution in [3.63, 3.8) is 0 Å². The van der Waals surface area contributed by atoms with E-state index in [0.29, 0.717) is 20.7 Å². The van der Waals surface area contributed by atoms with Crippen LogP contribution >= 0.6 is 24.0 Å². The number of thiocarbonyl (C=S) groups is 1. The minimum atomic E-state index is -0.131. The van der Waals surface area contributed by atoms with Crippen molar-refractivity contribution in [3.8, 4) is 11.5 Å². The van der Waals surface area contributed by atoms with Gasteiger partial charge >= 0.3 is 0 Å². The second-order valence-corrected chi connectivity index (χ2v) is 7.54. The summed E-state index contributed by atoms with van der Waals surface area (Å²) in [6, 6.07) is 11.5. The highest BCUT2D eigenvalue weighted by molar-refractivity contribution is 8.27. The van der Waals surface area contributed by atoms with Gasteiger partial charge in [0.2, 0.25) is 0 Å². The number of anilines is 1. The molecular formula is C20H19NO3S2. The molecule has 2 aromatic rings. The van der Waals surface area contributed by atoms with Gasteiger partial charge in [-0.2, -0.15) is 0 Å². The molecule has 4 nitrogen and oxygen atoms in total. The van der Waals surface area contributed by atoms with Crippen LogP contribution in [0, 0.1) is 13.8 Å². The van der Waals surface area contributed by atoms with Crippen molar-refractivity contribution >= 4 is 46.0 Å². The van der Waals surface area contributed by atoms with Crippen LogP contribution in [-0.4, -0.2) is 24.4 Å². The van der Waals surface area contributed by atoms with Gasteiger partial charge in [0.05, 0.1) is 24.8 Å². The van der Waals surface area contributed by atoms with E-state index in [9.17, 15) is 4.79 Å². The minimum Gasteiger partial charge on any atom is -0.493 e. The van der Waals surface area contributed by atoms with E-state index in [1.54, 1.807) is 25.2 Å². The molecule has 0 spiro atoms. The van der Waals surface area contributed by atoms with Crippen molar-refractivity contribution in [2.75, 3.05) is 19.1 Å². The van der Waals surface area contributed by atoms with Gasteiger partial charge in [0, 0.05) is 5.56 Å². The van der Waals surface area contributed by atoms with Gasteiger partial charge in [-0.25, -0.2) is 0 Å². The molecule has 0 atom stereocenters. The zero-order valence-electron chi connectivity index (χ0n) is 15.0. The van der Waals surface area contributed by atoms with Crippen LogP contribution in [0.2, 0.25) is 0 Å². The molecular weight excluding hydrogens is 366 g/mol. The number of methoxy groups -OCH3 is 2. The molecule has 1 fully saturated rings. The Morgan fingerprint density at radius 1 is 1.08 bits per heavy atom. The fraction of sp³-hybridized carbons (Fsp3) is 0.200. The summed E-state index contributed by atoms with van der Waals surface area (Å²) < 4.78 is 11.3. The molecule has 1 amide bonds. The van der Waals surface area contributed by atoms with E-state index in [2.05, 4.69) is 0 Å². The summed E-state index contributed by atoms with van der Waals surface area (Å²) in [5, 5.41) is 0. The fourth-order valence-electron chi connectivity index (χ4n) is 2.72. The topological polar surface area (TPSA) is 38.8 Å². The number of hydrogen-bond acceptors (Lipinski definition) is 5. The Kier molecular flexibility index (Phi) is 5.34. The van der Waals surface area contributed by atoms with E-state index in [0.717, 1.165) is 16.8 Å². The Balaban J connectivity index is 1.99. The second-order valence-electron chi connectivity index (χ2n) is 5.87. The lowest BCUT2D eigenvalue weighted by Gasteiger charge is -2.16. The van der Waals surface area contributed by atoms with Crippen LogP contribution in [0.25, 0.3) is 6.08 Å². The second kappa shape index (κ2) is 7.51. The smallest absolute Gasteiger partial charge is 0.270 e. The standard InChI is InChI=1S/C20H19NO3S2/c1-12-8-9-15(10-13(12)2)21-19(22)17(26-20(21)25)11-14-6-5-7-16(23-3)18(14)24-4/h5-11H,1-4H3/b17-11+. The molecule has 1 aliphatic heterocycles. The van der Waals surface area contributed by atoms with Crippen molar-refractivity contribution in [2.24, 2.45) is 0 Å². The highest BCUT2D eigenvalue weighted by atomic mass is 32.2. The maximum atomic E-state index is 12.9. The van der Waals surface area contributed by atoms with Gasteiger partial charge < -0.3 is 9.47 Å². The zero-order valence-corrected chi connectivity index (χ0v) is 16.7. The minimum absolute atomic E-state index is 0.131. The van der Waals surface area contributed by atoms with Crippen LogP contribution < -0.4 is 14.4 Å². The van der Waals surface area contributed by atoms with Crippen LogP contribution in [-0.2, 0) is 4.79 Å². The third-order valence-electron chi connectivity index (χ3n) is 4.26. The third kappa shape index (κ3) is 3.34. The first-order valence-electron chi connectivity index (χ1n) is 8.02. The van der Waals surface area contributed by atoms with Gasteiger partial charge in [0.25, 0.3) is 5.91 Å². The molecule has 2 aromatic carbocycles. The molecule has 1 saturated heterocycles. The van der Waals surface area contributed by atoms with Crippen molar-refractivity contribution < 1.29 is 14.3 Å². The highest BCUT2D eigenvalue weighted by Crippen LogP contribution is 2.39. The summed E-state index contributed by atoms with van der Waals surface area (Å²) in [6.07, 6.45) is 1.79. The van der Waals surface area contributed by atoms with E-state index >= 15 is 0 Å². The number of hydrogen-bond donors (Lipinski definition) is 0. The van der Waals surface area contributed by atoms with Crippen LogP contribution in [0.4, 0.5) is 5.69 Å². The van der Waals surface area contributed by atoms with Gasteiger partial charge in [-0.05, 0) is 49.2 Å². The average Bonchev–Trinajstić information content (AvgIpc) is 2.90. The first-order chi connectivity index (χ1) is 12.5. The number of aryl methyl sites for hydroxylation is 2. The number of ether oxygens (including phenoxy) is 2. The van der Waals surface area contributed by atoms with Gasteiger partial charge in [0.15, 0.2) is 15.8 Å². The molecule has 134 valence electrons. The molecule has 0 N–H and O–H groups in total. The molecule has 0 saturated carbocycles. The SMILES string of the molecule is COc1cccc(/C=C2/SC(=S)N(c3ccc(C)c(C)c3)C2=O)c1OC. The van der Waals surface area contributed by atoms with E-state index in [1.165, 1.54) is 17.3 Å². The first-order valence-corrected chi connectivity index (χ1v) is 9.25. The number of thioether (sulfide) groups is 1. The van der Waals surface area contributed by atoms with E-state index in [1.807, 2.05) is 50.2 Å².